The van der Waals surface area contributed by atoms with Gasteiger partial charge in [-0.15, -0.1) is 0 Å². The first-order valence-corrected chi connectivity index (χ1v) is 9.95. The van der Waals surface area contributed by atoms with Gasteiger partial charge in [0, 0.05) is 28.0 Å². The van der Waals surface area contributed by atoms with Crippen LogP contribution in [0.3, 0.4) is 0 Å². The van der Waals surface area contributed by atoms with Crippen LogP contribution < -0.4 is 10.5 Å². The van der Waals surface area contributed by atoms with Crippen molar-refractivity contribution >= 4 is 34.8 Å². The second kappa shape index (κ2) is 9.16. The van der Waals surface area contributed by atoms with Crippen LogP contribution in [0.1, 0.15) is 27.2 Å². The highest BCUT2D eigenvalue weighted by Gasteiger charge is 2.31. The number of rotatable bonds is 5. The van der Waals surface area contributed by atoms with E-state index in [-0.39, 0.29) is 24.2 Å². The van der Waals surface area contributed by atoms with Crippen molar-refractivity contribution in [1.82, 2.24) is 4.98 Å². The Morgan fingerprint density at radius 1 is 1.06 bits per heavy atom. The third-order valence-electron chi connectivity index (χ3n) is 4.64. The summed E-state index contributed by atoms with van der Waals surface area (Å²) in [6, 6.07) is 12.2. The molecule has 0 saturated heterocycles. The molecule has 0 atom stereocenters. The van der Waals surface area contributed by atoms with Gasteiger partial charge < -0.3 is 9.88 Å². The highest BCUT2D eigenvalue weighted by molar-refractivity contribution is 6.35. The average molecular weight is 469 g/mol. The molecule has 3 rings (SSSR count). The molecule has 1 heterocycles. The second-order valence-electron chi connectivity index (χ2n) is 6.87. The van der Waals surface area contributed by atoms with Crippen LogP contribution in [0.15, 0.2) is 59.4 Å². The molecule has 3 aromatic rings. The Hall–Kier alpha value is -2.77. The summed E-state index contributed by atoms with van der Waals surface area (Å²) in [4.78, 5) is 29.1. The summed E-state index contributed by atoms with van der Waals surface area (Å²) in [5, 5.41) is 0.808. The number of benzene rings is 2. The second-order valence-corrected chi connectivity index (χ2v) is 7.72. The SMILES string of the molecule is Cc1ccc(C(=O)N(CCc2ccc(Cl)cc2Cl)c2cccc(C(F)(F)F)c2)c(=O)[nH]1. The summed E-state index contributed by atoms with van der Waals surface area (Å²) in [7, 11) is 0. The monoisotopic (exact) mass is 468 g/mol. The number of amides is 1. The van der Waals surface area contributed by atoms with Gasteiger partial charge in [0.1, 0.15) is 5.56 Å². The Kier molecular flexibility index (Phi) is 6.77. The molecule has 31 heavy (non-hydrogen) atoms. The number of pyridine rings is 1. The maximum atomic E-state index is 13.2. The van der Waals surface area contributed by atoms with E-state index in [1.807, 2.05) is 0 Å². The molecule has 0 radical (unpaired) electrons. The van der Waals surface area contributed by atoms with Crippen LogP contribution in [0.2, 0.25) is 10.0 Å². The standard InChI is InChI=1S/C22H17Cl2F3N2O2/c1-13-5-8-18(20(30)28-13)21(31)29(10-9-14-6-7-16(23)12-19(14)24)17-4-2-3-15(11-17)22(25,26)27/h2-8,11-12H,9-10H2,1H3,(H,28,30). The number of anilines is 1. The predicted molar refractivity (Wildman–Crippen MR) is 115 cm³/mol. The maximum absolute atomic E-state index is 13.2. The van der Waals surface area contributed by atoms with Crippen molar-refractivity contribution in [3.63, 3.8) is 0 Å². The Morgan fingerprint density at radius 3 is 2.45 bits per heavy atom. The van der Waals surface area contributed by atoms with Crippen molar-refractivity contribution in [2.24, 2.45) is 0 Å². The molecule has 0 aliphatic carbocycles. The zero-order valence-corrected chi connectivity index (χ0v) is 17.8. The molecule has 0 saturated carbocycles. The molecule has 0 unspecified atom stereocenters. The topological polar surface area (TPSA) is 53.2 Å². The van der Waals surface area contributed by atoms with E-state index in [1.54, 1.807) is 31.2 Å². The molecule has 162 valence electrons. The Bertz CT molecular complexity index is 1180. The summed E-state index contributed by atoms with van der Waals surface area (Å²) in [5.41, 5.74) is -0.458. The van der Waals surface area contributed by atoms with Gasteiger partial charge in [0.15, 0.2) is 0 Å². The third kappa shape index (κ3) is 5.48. The number of halogens is 5. The summed E-state index contributed by atoms with van der Waals surface area (Å²) in [6.07, 6.45) is -4.34. The zero-order valence-electron chi connectivity index (χ0n) is 16.3. The number of nitrogens with zero attached hydrogens (tertiary/aromatic N) is 1. The minimum Gasteiger partial charge on any atom is -0.326 e. The van der Waals surface area contributed by atoms with E-state index in [2.05, 4.69) is 4.98 Å². The van der Waals surface area contributed by atoms with Crippen molar-refractivity contribution in [2.75, 3.05) is 11.4 Å². The smallest absolute Gasteiger partial charge is 0.326 e. The quantitative estimate of drug-likeness (QED) is 0.506. The maximum Gasteiger partial charge on any atom is 0.416 e. The first kappa shape index (κ1) is 22.9. The summed E-state index contributed by atoms with van der Waals surface area (Å²) in [6.45, 7) is 1.65. The largest absolute Gasteiger partial charge is 0.416 e. The predicted octanol–water partition coefficient (Wildman–Crippen LogP) is 5.90. The minimum atomic E-state index is -4.58. The van der Waals surface area contributed by atoms with Gasteiger partial charge in [-0.1, -0.05) is 35.3 Å². The number of aryl methyl sites for hydroxylation is 1. The van der Waals surface area contributed by atoms with Crippen LogP contribution in [0, 0.1) is 6.92 Å². The summed E-state index contributed by atoms with van der Waals surface area (Å²) >= 11 is 12.1. The minimum absolute atomic E-state index is 0.00515. The van der Waals surface area contributed by atoms with Gasteiger partial charge in [-0.3, -0.25) is 9.59 Å². The fourth-order valence-corrected chi connectivity index (χ4v) is 3.54. The molecule has 0 spiro atoms. The lowest BCUT2D eigenvalue weighted by molar-refractivity contribution is -0.137. The first-order chi connectivity index (χ1) is 14.6. The Balaban J connectivity index is 2.01. The van der Waals surface area contributed by atoms with Crippen LogP contribution in [0.5, 0.6) is 0 Å². The van der Waals surface area contributed by atoms with Gasteiger partial charge in [-0.2, -0.15) is 13.2 Å². The average Bonchev–Trinajstić information content (AvgIpc) is 2.69. The van der Waals surface area contributed by atoms with Gasteiger partial charge in [0.05, 0.1) is 5.56 Å². The van der Waals surface area contributed by atoms with Crippen LogP contribution in [0.4, 0.5) is 18.9 Å². The fourth-order valence-electron chi connectivity index (χ4n) is 3.04. The van der Waals surface area contributed by atoms with Crippen molar-refractivity contribution < 1.29 is 18.0 Å². The number of hydrogen-bond donors (Lipinski definition) is 1. The molecule has 0 aliphatic heterocycles. The molecular formula is C22H17Cl2F3N2O2. The zero-order chi connectivity index (χ0) is 22.8. The third-order valence-corrected chi connectivity index (χ3v) is 5.22. The van der Waals surface area contributed by atoms with Crippen molar-refractivity contribution in [2.45, 2.75) is 19.5 Å². The van der Waals surface area contributed by atoms with Crippen LogP contribution in [0.25, 0.3) is 0 Å². The van der Waals surface area contributed by atoms with Crippen LogP contribution >= 0.6 is 23.2 Å². The van der Waals surface area contributed by atoms with E-state index in [0.29, 0.717) is 21.3 Å². The highest BCUT2D eigenvalue weighted by Crippen LogP contribution is 2.32. The molecular weight excluding hydrogens is 452 g/mol. The Labute approximate surface area is 186 Å². The number of H-pyrrole nitrogens is 1. The molecule has 1 N–H and O–H groups in total. The van der Waals surface area contributed by atoms with Crippen LogP contribution in [-0.2, 0) is 12.6 Å². The van der Waals surface area contributed by atoms with E-state index >= 15 is 0 Å². The van der Waals surface area contributed by atoms with E-state index in [9.17, 15) is 22.8 Å². The molecule has 0 aliphatic rings. The van der Waals surface area contributed by atoms with E-state index in [4.69, 9.17) is 23.2 Å². The number of nitrogens with one attached hydrogen (secondary N) is 1. The van der Waals surface area contributed by atoms with Gasteiger partial charge in [0.2, 0.25) is 0 Å². The van der Waals surface area contributed by atoms with Gasteiger partial charge >= 0.3 is 6.18 Å². The van der Waals surface area contributed by atoms with Crippen LogP contribution in [-0.4, -0.2) is 17.4 Å². The van der Waals surface area contributed by atoms with Gasteiger partial charge in [0.25, 0.3) is 11.5 Å². The number of aromatic amines is 1. The number of hydrogen-bond acceptors (Lipinski definition) is 2. The van der Waals surface area contributed by atoms with Crippen molar-refractivity contribution in [3.05, 3.63) is 97.4 Å². The van der Waals surface area contributed by atoms with Crippen molar-refractivity contribution in [3.8, 4) is 0 Å². The lowest BCUT2D eigenvalue weighted by Gasteiger charge is -2.24. The number of carbonyl (C=O) groups is 1. The normalized spacial score (nSPS) is 11.4. The summed E-state index contributed by atoms with van der Waals surface area (Å²) < 4.78 is 39.7. The van der Waals surface area contributed by atoms with Crippen molar-refractivity contribution in [1.29, 1.82) is 0 Å². The molecule has 2 aromatic carbocycles. The van der Waals surface area contributed by atoms with E-state index in [0.717, 1.165) is 17.0 Å². The van der Waals surface area contributed by atoms with Gasteiger partial charge in [-0.05, 0) is 61.4 Å². The highest BCUT2D eigenvalue weighted by atomic mass is 35.5. The lowest BCUT2D eigenvalue weighted by atomic mass is 10.1. The number of alkyl halides is 3. The first-order valence-electron chi connectivity index (χ1n) is 9.19. The molecule has 1 amide bonds. The summed E-state index contributed by atoms with van der Waals surface area (Å²) in [5.74, 6) is -0.717. The molecule has 0 fully saturated rings. The molecule has 1 aromatic heterocycles. The molecule has 9 heteroatoms. The molecule has 4 nitrogen and oxygen atoms in total. The van der Waals surface area contributed by atoms with Gasteiger partial charge in [-0.25, -0.2) is 0 Å². The van der Waals surface area contributed by atoms with E-state index < -0.39 is 23.2 Å². The lowest BCUT2D eigenvalue weighted by Crippen LogP contribution is -2.36. The van der Waals surface area contributed by atoms with E-state index in [1.165, 1.54) is 18.2 Å². The number of aromatic nitrogens is 1. The Morgan fingerprint density at radius 2 is 1.81 bits per heavy atom. The molecule has 0 bridgehead atoms. The number of carbonyl (C=O) groups excluding carboxylic acids is 1. The fraction of sp³-hybridized carbons (Fsp3) is 0.182.